The van der Waals surface area contributed by atoms with Crippen molar-refractivity contribution in [2.24, 2.45) is 11.3 Å². The second-order valence-electron chi connectivity index (χ2n) is 7.91. The Morgan fingerprint density at radius 3 is 2.76 bits per heavy atom. The van der Waals surface area contributed by atoms with Gasteiger partial charge >= 0.3 is 0 Å². The molecule has 0 saturated carbocycles. The first-order valence-electron chi connectivity index (χ1n) is 9.01. The summed E-state index contributed by atoms with van der Waals surface area (Å²) in [6.07, 6.45) is 2.00. The Kier molecular flexibility index (Phi) is 6.45. The van der Waals surface area contributed by atoms with Gasteiger partial charge in [-0.25, -0.2) is 0 Å². The standard InChI is InChI=1S/C20H30N2O3/c1-15-7-5-9-17(11-15)25-14-18(23)22-10-6-8-16(13-22)12-21-19(24)20(2,3)4/h5,7,9,11,16H,6,8,10,12-14H2,1-4H3,(H,21,24). The van der Waals surface area contributed by atoms with Gasteiger partial charge in [0.25, 0.3) is 5.91 Å². The number of nitrogens with one attached hydrogen (secondary N) is 1. The first-order valence-corrected chi connectivity index (χ1v) is 9.01. The Morgan fingerprint density at radius 2 is 2.08 bits per heavy atom. The number of piperidine rings is 1. The lowest BCUT2D eigenvalue weighted by molar-refractivity contribution is -0.135. The Morgan fingerprint density at radius 1 is 1.32 bits per heavy atom. The molecular formula is C20H30N2O3. The van der Waals surface area contributed by atoms with Gasteiger partial charge in [0.2, 0.25) is 5.91 Å². The van der Waals surface area contributed by atoms with Gasteiger partial charge in [0.15, 0.2) is 6.61 Å². The van der Waals surface area contributed by atoms with E-state index in [4.69, 9.17) is 4.74 Å². The van der Waals surface area contributed by atoms with Crippen molar-refractivity contribution < 1.29 is 14.3 Å². The molecule has 1 atom stereocenters. The Bertz CT molecular complexity index is 607. The molecule has 1 unspecified atom stereocenters. The zero-order valence-electron chi connectivity index (χ0n) is 15.8. The predicted octanol–water partition coefficient (Wildman–Crippen LogP) is 2.77. The molecule has 0 aromatic heterocycles. The molecule has 25 heavy (non-hydrogen) atoms. The molecular weight excluding hydrogens is 316 g/mol. The number of rotatable bonds is 5. The quantitative estimate of drug-likeness (QED) is 0.892. The van der Waals surface area contributed by atoms with Gasteiger partial charge in [-0.15, -0.1) is 0 Å². The lowest BCUT2D eigenvalue weighted by Crippen LogP contribution is -2.46. The number of carbonyl (C=O) groups is 2. The van der Waals surface area contributed by atoms with E-state index in [-0.39, 0.29) is 23.8 Å². The third-order valence-electron chi connectivity index (χ3n) is 4.46. The van der Waals surface area contributed by atoms with Crippen LogP contribution in [-0.2, 0) is 9.59 Å². The van der Waals surface area contributed by atoms with Gasteiger partial charge in [-0.05, 0) is 43.4 Å². The predicted molar refractivity (Wildman–Crippen MR) is 98.4 cm³/mol. The van der Waals surface area contributed by atoms with E-state index in [0.29, 0.717) is 19.0 Å². The summed E-state index contributed by atoms with van der Waals surface area (Å²) in [4.78, 5) is 26.3. The van der Waals surface area contributed by atoms with E-state index in [1.807, 2.05) is 56.9 Å². The molecule has 1 heterocycles. The van der Waals surface area contributed by atoms with Crippen LogP contribution in [0.1, 0.15) is 39.2 Å². The van der Waals surface area contributed by atoms with Gasteiger partial charge < -0.3 is 15.0 Å². The van der Waals surface area contributed by atoms with Crippen LogP contribution in [0.4, 0.5) is 0 Å². The highest BCUT2D eigenvalue weighted by Crippen LogP contribution is 2.18. The number of ether oxygens (including phenoxy) is 1. The summed E-state index contributed by atoms with van der Waals surface area (Å²) >= 11 is 0. The van der Waals surface area contributed by atoms with Crippen molar-refractivity contribution in [2.45, 2.75) is 40.5 Å². The second-order valence-corrected chi connectivity index (χ2v) is 7.91. The number of carbonyl (C=O) groups excluding carboxylic acids is 2. The number of benzene rings is 1. The molecule has 0 radical (unpaired) electrons. The summed E-state index contributed by atoms with van der Waals surface area (Å²) in [5.41, 5.74) is 0.726. The third-order valence-corrected chi connectivity index (χ3v) is 4.46. The van der Waals surface area contributed by atoms with Crippen LogP contribution in [0.25, 0.3) is 0 Å². The maximum absolute atomic E-state index is 12.4. The van der Waals surface area contributed by atoms with Crippen LogP contribution in [0.3, 0.4) is 0 Å². The number of amides is 2. The van der Waals surface area contributed by atoms with E-state index in [9.17, 15) is 9.59 Å². The maximum atomic E-state index is 12.4. The molecule has 1 saturated heterocycles. The number of hydrogen-bond donors (Lipinski definition) is 1. The maximum Gasteiger partial charge on any atom is 0.260 e. The minimum atomic E-state index is -0.383. The van der Waals surface area contributed by atoms with Crippen molar-refractivity contribution in [3.63, 3.8) is 0 Å². The molecule has 1 N–H and O–H groups in total. The molecule has 2 rings (SSSR count). The van der Waals surface area contributed by atoms with Crippen LogP contribution in [0.5, 0.6) is 5.75 Å². The molecule has 1 aromatic carbocycles. The van der Waals surface area contributed by atoms with E-state index in [0.717, 1.165) is 30.7 Å². The Balaban J connectivity index is 1.79. The molecule has 1 fully saturated rings. The van der Waals surface area contributed by atoms with Crippen LogP contribution >= 0.6 is 0 Å². The van der Waals surface area contributed by atoms with Crippen LogP contribution in [0.15, 0.2) is 24.3 Å². The summed E-state index contributed by atoms with van der Waals surface area (Å²) in [6.45, 7) is 9.84. The van der Waals surface area contributed by atoms with Gasteiger partial charge in [-0.1, -0.05) is 32.9 Å². The van der Waals surface area contributed by atoms with Gasteiger partial charge in [0.1, 0.15) is 5.75 Å². The molecule has 1 aliphatic rings. The smallest absolute Gasteiger partial charge is 0.260 e. The van der Waals surface area contributed by atoms with Gasteiger partial charge in [0.05, 0.1) is 0 Å². The molecule has 5 heteroatoms. The summed E-state index contributed by atoms with van der Waals surface area (Å²) in [5, 5.41) is 3.01. The minimum Gasteiger partial charge on any atom is -0.484 e. The molecule has 0 aliphatic carbocycles. The highest BCUT2D eigenvalue weighted by molar-refractivity contribution is 5.81. The van der Waals surface area contributed by atoms with Crippen LogP contribution in [0.2, 0.25) is 0 Å². The molecule has 138 valence electrons. The normalized spacial score (nSPS) is 17.9. The highest BCUT2D eigenvalue weighted by Gasteiger charge is 2.26. The Hall–Kier alpha value is -2.04. The second kappa shape index (κ2) is 8.37. The molecule has 5 nitrogen and oxygen atoms in total. The average molecular weight is 346 g/mol. The largest absolute Gasteiger partial charge is 0.484 e. The number of nitrogens with zero attached hydrogens (tertiary/aromatic N) is 1. The molecule has 2 amide bonds. The Labute approximate surface area is 150 Å². The number of likely N-dealkylation sites (tertiary alicyclic amines) is 1. The summed E-state index contributed by atoms with van der Waals surface area (Å²) in [6, 6.07) is 7.70. The molecule has 0 spiro atoms. The lowest BCUT2D eigenvalue weighted by Gasteiger charge is -2.33. The minimum absolute atomic E-state index is 0.00774. The fraction of sp³-hybridized carbons (Fsp3) is 0.600. The van der Waals surface area contributed by atoms with E-state index >= 15 is 0 Å². The zero-order chi connectivity index (χ0) is 18.4. The lowest BCUT2D eigenvalue weighted by atomic mass is 9.94. The summed E-state index contributed by atoms with van der Waals surface area (Å²) in [5.74, 6) is 1.09. The van der Waals surface area contributed by atoms with Crippen molar-refractivity contribution >= 4 is 11.8 Å². The molecule has 1 aliphatic heterocycles. The molecule has 0 bridgehead atoms. The zero-order valence-corrected chi connectivity index (χ0v) is 15.8. The number of hydrogen-bond acceptors (Lipinski definition) is 3. The van der Waals surface area contributed by atoms with Gasteiger partial charge in [0, 0.05) is 25.0 Å². The van der Waals surface area contributed by atoms with E-state index in [1.54, 1.807) is 0 Å². The van der Waals surface area contributed by atoms with Crippen molar-refractivity contribution in [3.05, 3.63) is 29.8 Å². The van der Waals surface area contributed by atoms with Crippen molar-refractivity contribution in [2.75, 3.05) is 26.2 Å². The fourth-order valence-corrected chi connectivity index (χ4v) is 2.90. The SMILES string of the molecule is Cc1cccc(OCC(=O)N2CCCC(CNC(=O)C(C)(C)C)C2)c1. The van der Waals surface area contributed by atoms with Gasteiger partial charge in [-0.3, -0.25) is 9.59 Å². The monoisotopic (exact) mass is 346 g/mol. The van der Waals surface area contributed by atoms with E-state index in [1.165, 1.54) is 0 Å². The summed E-state index contributed by atoms with van der Waals surface area (Å²) in [7, 11) is 0. The highest BCUT2D eigenvalue weighted by atomic mass is 16.5. The van der Waals surface area contributed by atoms with Crippen LogP contribution in [-0.4, -0.2) is 43.0 Å². The first kappa shape index (κ1) is 19.3. The topological polar surface area (TPSA) is 58.6 Å². The van der Waals surface area contributed by atoms with Crippen molar-refractivity contribution in [3.8, 4) is 5.75 Å². The van der Waals surface area contributed by atoms with E-state index in [2.05, 4.69) is 5.32 Å². The fourth-order valence-electron chi connectivity index (χ4n) is 2.90. The third kappa shape index (κ3) is 6.07. The summed E-state index contributed by atoms with van der Waals surface area (Å²) < 4.78 is 5.62. The van der Waals surface area contributed by atoms with Gasteiger partial charge in [-0.2, -0.15) is 0 Å². The van der Waals surface area contributed by atoms with Crippen LogP contribution in [0, 0.1) is 18.3 Å². The molecule has 1 aromatic rings. The van der Waals surface area contributed by atoms with Crippen molar-refractivity contribution in [1.82, 2.24) is 10.2 Å². The average Bonchev–Trinajstić information content (AvgIpc) is 2.57. The van der Waals surface area contributed by atoms with Crippen LogP contribution < -0.4 is 10.1 Å². The number of aryl methyl sites for hydroxylation is 1. The van der Waals surface area contributed by atoms with E-state index < -0.39 is 0 Å². The first-order chi connectivity index (χ1) is 11.8. The van der Waals surface area contributed by atoms with Crippen molar-refractivity contribution in [1.29, 1.82) is 0 Å².